The summed E-state index contributed by atoms with van der Waals surface area (Å²) in [6.45, 7) is 7.14. The van der Waals surface area contributed by atoms with Crippen molar-refractivity contribution >= 4 is 5.91 Å². The van der Waals surface area contributed by atoms with Crippen LogP contribution >= 0.6 is 0 Å². The Morgan fingerprint density at radius 1 is 1.38 bits per heavy atom. The van der Waals surface area contributed by atoms with Crippen LogP contribution in [0.15, 0.2) is 18.2 Å². The van der Waals surface area contributed by atoms with Crippen LogP contribution < -0.4 is 5.32 Å². The Labute approximate surface area is 126 Å². The third-order valence-corrected chi connectivity index (χ3v) is 4.51. The fourth-order valence-corrected chi connectivity index (χ4v) is 3.23. The van der Waals surface area contributed by atoms with E-state index in [1.807, 2.05) is 23.1 Å². The normalized spacial score (nSPS) is 21.1. The summed E-state index contributed by atoms with van der Waals surface area (Å²) in [5.74, 6) is 0.734. The van der Waals surface area contributed by atoms with Gasteiger partial charge in [0, 0.05) is 18.7 Å². The maximum atomic E-state index is 12.7. The van der Waals surface area contributed by atoms with Crippen molar-refractivity contribution < 1.29 is 9.53 Å². The van der Waals surface area contributed by atoms with Gasteiger partial charge in [0.15, 0.2) is 0 Å². The molecule has 1 amide bonds. The molecule has 0 saturated carbocycles. The lowest BCUT2D eigenvalue weighted by molar-refractivity contribution is 0.0729. The quantitative estimate of drug-likeness (QED) is 0.923. The number of piperidine rings is 1. The van der Waals surface area contributed by atoms with Crippen LogP contribution in [0.4, 0.5) is 0 Å². The molecule has 0 radical (unpaired) electrons. The van der Waals surface area contributed by atoms with Gasteiger partial charge in [0.1, 0.15) is 0 Å². The molecule has 1 N–H and O–H groups in total. The second-order valence-corrected chi connectivity index (χ2v) is 6.03. The Morgan fingerprint density at radius 3 is 3.00 bits per heavy atom. The summed E-state index contributed by atoms with van der Waals surface area (Å²) in [5.41, 5.74) is 3.17. The predicted molar refractivity (Wildman–Crippen MR) is 82.1 cm³/mol. The number of fused-ring (bicyclic) bond motifs is 1. The van der Waals surface area contributed by atoms with Crippen LogP contribution in [-0.2, 0) is 18.0 Å². The third-order valence-electron chi connectivity index (χ3n) is 4.51. The molecule has 2 heterocycles. The molecule has 1 aromatic carbocycles. The zero-order valence-corrected chi connectivity index (χ0v) is 12.7. The summed E-state index contributed by atoms with van der Waals surface area (Å²) < 4.78 is 5.42. The summed E-state index contributed by atoms with van der Waals surface area (Å²) in [4.78, 5) is 14.7. The zero-order chi connectivity index (χ0) is 14.7. The van der Waals surface area contributed by atoms with Gasteiger partial charge in [-0.2, -0.15) is 0 Å². The minimum atomic E-state index is 0.151. The number of amides is 1. The van der Waals surface area contributed by atoms with E-state index in [9.17, 15) is 4.79 Å². The van der Waals surface area contributed by atoms with E-state index < -0.39 is 0 Å². The average molecular weight is 288 g/mol. The topological polar surface area (TPSA) is 41.6 Å². The molecular formula is C17H24N2O2. The largest absolute Gasteiger partial charge is 0.372 e. The van der Waals surface area contributed by atoms with Gasteiger partial charge in [-0.05, 0) is 62.0 Å². The summed E-state index contributed by atoms with van der Waals surface area (Å²) >= 11 is 0. The molecule has 21 heavy (non-hydrogen) atoms. The zero-order valence-electron chi connectivity index (χ0n) is 12.7. The van der Waals surface area contributed by atoms with Gasteiger partial charge in [-0.3, -0.25) is 4.79 Å². The van der Waals surface area contributed by atoms with Gasteiger partial charge in [0.05, 0.1) is 13.2 Å². The molecule has 0 spiro atoms. The van der Waals surface area contributed by atoms with E-state index in [4.69, 9.17) is 4.74 Å². The van der Waals surface area contributed by atoms with Crippen molar-refractivity contribution in [3.8, 4) is 0 Å². The van der Waals surface area contributed by atoms with E-state index in [2.05, 4.69) is 12.2 Å². The number of carbonyl (C=O) groups excluding carboxylic acids is 1. The lowest BCUT2D eigenvalue weighted by Crippen LogP contribution is -2.41. The van der Waals surface area contributed by atoms with E-state index in [1.54, 1.807) is 0 Å². The van der Waals surface area contributed by atoms with Gasteiger partial charge in [0.25, 0.3) is 5.91 Å². The molecule has 1 saturated heterocycles. The van der Waals surface area contributed by atoms with Crippen molar-refractivity contribution in [1.29, 1.82) is 0 Å². The van der Waals surface area contributed by atoms with E-state index >= 15 is 0 Å². The van der Waals surface area contributed by atoms with E-state index in [-0.39, 0.29) is 5.91 Å². The molecule has 4 heteroatoms. The minimum absolute atomic E-state index is 0.151. The lowest BCUT2D eigenvalue weighted by Gasteiger charge is -2.29. The van der Waals surface area contributed by atoms with E-state index in [0.29, 0.717) is 19.1 Å². The second-order valence-electron chi connectivity index (χ2n) is 6.03. The Bertz CT molecular complexity index is 510. The molecule has 1 aromatic rings. The number of benzene rings is 1. The van der Waals surface area contributed by atoms with Gasteiger partial charge in [-0.25, -0.2) is 0 Å². The number of nitrogens with one attached hydrogen (secondary N) is 1. The molecule has 2 aliphatic heterocycles. The summed E-state index contributed by atoms with van der Waals surface area (Å²) in [6.07, 6.45) is 2.43. The third kappa shape index (κ3) is 3.27. The van der Waals surface area contributed by atoms with E-state index in [1.165, 1.54) is 18.4 Å². The first kappa shape index (κ1) is 14.5. The van der Waals surface area contributed by atoms with Crippen molar-refractivity contribution in [3.05, 3.63) is 34.9 Å². The van der Waals surface area contributed by atoms with Crippen LogP contribution in [0, 0.1) is 5.92 Å². The fourth-order valence-electron chi connectivity index (χ4n) is 3.23. The maximum Gasteiger partial charge on any atom is 0.253 e. The molecule has 4 nitrogen and oxygen atoms in total. The Balaban J connectivity index is 1.69. The van der Waals surface area contributed by atoms with Gasteiger partial charge in [-0.1, -0.05) is 6.07 Å². The molecule has 3 rings (SSSR count). The lowest BCUT2D eigenvalue weighted by atomic mass is 9.98. The first-order valence-corrected chi connectivity index (χ1v) is 7.97. The standard InChI is InChI=1S/C17H24N2O2/c1-2-19(10-13-4-3-7-18-9-13)17(20)14-5-6-15-11-21-12-16(15)8-14/h5-6,8,13,18H,2-4,7,9-12H2,1H3. The van der Waals surface area contributed by atoms with Crippen molar-refractivity contribution in [3.63, 3.8) is 0 Å². The highest BCUT2D eigenvalue weighted by molar-refractivity contribution is 5.94. The van der Waals surface area contributed by atoms with E-state index in [0.717, 1.165) is 37.3 Å². The molecule has 114 valence electrons. The SMILES string of the molecule is CCN(CC1CCCNC1)C(=O)c1ccc2c(c1)COC2. The summed E-state index contributed by atoms with van der Waals surface area (Å²) in [5, 5.41) is 3.42. The van der Waals surface area contributed by atoms with Gasteiger partial charge in [0.2, 0.25) is 0 Å². The van der Waals surface area contributed by atoms with Crippen molar-refractivity contribution in [2.24, 2.45) is 5.92 Å². The molecule has 1 unspecified atom stereocenters. The molecule has 1 atom stereocenters. The second kappa shape index (κ2) is 6.58. The fraction of sp³-hybridized carbons (Fsp3) is 0.588. The van der Waals surface area contributed by atoms with Gasteiger partial charge >= 0.3 is 0 Å². The summed E-state index contributed by atoms with van der Waals surface area (Å²) in [7, 11) is 0. The molecule has 2 aliphatic rings. The number of ether oxygens (including phenoxy) is 1. The molecule has 0 bridgehead atoms. The Morgan fingerprint density at radius 2 is 2.24 bits per heavy atom. The highest BCUT2D eigenvalue weighted by Gasteiger charge is 2.22. The van der Waals surface area contributed by atoms with Gasteiger partial charge < -0.3 is 15.0 Å². The number of nitrogens with zero attached hydrogens (tertiary/aromatic N) is 1. The monoisotopic (exact) mass is 288 g/mol. The van der Waals surface area contributed by atoms with Crippen LogP contribution in [0.2, 0.25) is 0 Å². The van der Waals surface area contributed by atoms with Crippen LogP contribution in [-0.4, -0.2) is 37.0 Å². The average Bonchev–Trinajstić information content (AvgIpc) is 3.00. The molecule has 1 fully saturated rings. The van der Waals surface area contributed by atoms with Crippen LogP contribution in [0.3, 0.4) is 0 Å². The Hall–Kier alpha value is -1.39. The molecule has 0 aromatic heterocycles. The smallest absolute Gasteiger partial charge is 0.253 e. The molecule has 0 aliphatic carbocycles. The van der Waals surface area contributed by atoms with Crippen molar-refractivity contribution in [1.82, 2.24) is 10.2 Å². The number of rotatable bonds is 4. The van der Waals surface area contributed by atoms with Crippen LogP contribution in [0.5, 0.6) is 0 Å². The first-order valence-electron chi connectivity index (χ1n) is 7.97. The minimum Gasteiger partial charge on any atom is -0.372 e. The van der Waals surface area contributed by atoms with Crippen LogP contribution in [0.25, 0.3) is 0 Å². The van der Waals surface area contributed by atoms with Crippen molar-refractivity contribution in [2.75, 3.05) is 26.2 Å². The highest BCUT2D eigenvalue weighted by Crippen LogP contribution is 2.22. The van der Waals surface area contributed by atoms with Gasteiger partial charge in [-0.15, -0.1) is 0 Å². The summed E-state index contributed by atoms with van der Waals surface area (Å²) in [6, 6.07) is 5.98. The number of carbonyl (C=O) groups is 1. The first-order chi connectivity index (χ1) is 10.3. The number of hydrogen-bond acceptors (Lipinski definition) is 3. The van der Waals surface area contributed by atoms with Crippen LogP contribution in [0.1, 0.15) is 41.3 Å². The maximum absolute atomic E-state index is 12.7. The number of hydrogen-bond donors (Lipinski definition) is 1. The molecular weight excluding hydrogens is 264 g/mol. The Kier molecular flexibility index (Phi) is 4.56. The highest BCUT2D eigenvalue weighted by atomic mass is 16.5. The van der Waals surface area contributed by atoms with Crippen molar-refractivity contribution in [2.45, 2.75) is 33.0 Å². The predicted octanol–water partition coefficient (Wildman–Crippen LogP) is 2.18.